The third-order valence-electron chi connectivity index (χ3n) is 4.41. The molecule has 1 N–H and O–H groups in total. The number of hydrogen-bond acceptors (Lipinski definition) is 4. The highest BCUT2D eigenvalue weighted by Crippen LogP contribution is 2.29. The summed E-state index contributed by atoms with van der Waals surface area (Å²) in [4.78, 5) is 14.7. The SMILES string of the molecule is COc1ccc(OC)c(NC(=O)[C@@H](C)N2CCC(C)CC2)c1. The second-order valence-corrected chi connectivity index (χ2v) is 5.95. The van der Waals surface area contributed by atoms with Gasteiger partial charge in [0.15, 0.2) is 0 Å². The van der Waals surface area contributed by atoms with Crippen LogP contribution in [0.25, 0.3) is 0 Å². The van der Waals surface area contributed by atoms with E-state index in [9.17, 15) is 4.79 Å². The molecule has 2 rings (SSSR count). The third kappa shape index (κ3) is 3.91. The lowest BCUT2D eigenvalue weighted by molar-refractivity contribution is -0.121. The molecule has 0 aliphatic carbocycles. The summed E-state index contributed by atoms with van der Waals surface area (Å²) < 4.78 is 10.5. The standard InChI is InChI=1S/C17H26N2O3/c1-12-7-9-19(10-8-12)13(2)17(20)18-15-11-14(21-3)5-6-16(15)22-4/h5-6,11-13H,7-10H2,1-4H3,(H,18,20)/t13-/m1/s1. The van der Waals surface area contributed by atoms with Gasteiger partial charge in [-0.2, -0.15) is 0 Å². The molecule has 1 amide bonds. The molecule has 122 valence electrons. The lowest BCUT2D eigenvalue weighted by atomic mass is 9.98. The maximum Gasteiger partial charge on any atom is 0.241 e. The fraction of sp³-hybridized carbons (Fsp3) is 0.588. The number of nitrogens with one attached hydrogen (secondary N) is 1. The minimum absolute atomic E-state index is 0.0129. The normalized spacial score (nSPS) is 17.8. The van der Waals surface area contributed by atoms with Crippen LogP contribution >= 0.6 is 0 Å². The molecular weight excluding hydrogens is 280 g/mol. The Labute approximate surface area is 132 Å². The van der Waals surface area contributed by atoms with Crippen LogP contribution in [0.4, 0.5) is 5.69 Å². The summed E-state index contributed by atoms with van der Waals surface area (Å²) in [5.74, 6) is 2.07. The minimum Gasteiger partial charge on any atom is -0.497 e. The lowest BCUT2D eigenvalue weighted by Gasteiger charge is -2.34. The molecule has 0 spiro atoms. The van der Waals surface area contributed by atoms with Gasteiger partial charge in [0.05, 0.1) is 25.9 Å². The molecule has 0 radical (unpaired) electrons. The fourth-order valence-electron chi connectivity index (χ4n) is 2.73. The van der Waals surface area contributed by atoms with Crippen LogP contribution in [0.2, 0.25) is 0 Å². The number of nitrogens with zero attached hydrogens (tertiary/aromatic N) is 1. The van der Waals surface area contributed by atoms with Crippen molar-refractivity contribution >= 4 is 11.6 Å². The smallest absolute Gasteiger partial charge is 0.241 e. The zero-order valence-electron chi connectivity index (χ0n) is 13.9. The van der Waals surface area contributed by atoms with Gasteiger partial charge in [-0.1, -0.05) is 6.92 Å². The van der Waals surface area contributed by atoms with Crippen molar-refractivity contribution in [3.8, 4) is 11.5 Å². The number of ether oxygens (including phenoxy) is 2. The highest BCUT2D eigenvalue weighted by molar-refractivity contribution is 5.96. The van der Waals surface area contributed by atoms with Crippen molar-refractivity contribution in [1.82, 2.24) is 4.90 Å². The van der Waals surface area contributed by atoms with Crippen LogP contribution in [-0.4, -0.2) is 44.2 Å². The maximum absolute atomic E-state index is 12.5. The van der Waals surface area contributed by atoms with Crippen molar-refractivity contribution in [1.29, 1.82) is 0 Å². The van der Waals surface area contributed by atoms with Gasteiger partial charge in [0.25, 0.3) is 0 Å². The van der Waals surface area contributed by atoms with Gasteiger partial charge in [-0.25, -0.2) is 0 Å². The second-order valence-electron chi connectivity index (χ2n) is 5.95. The number of hydrogen-bond donors (Lipinski definition) is 1. The molecule has 5 heteroatoms. The zero-order chi connectivity index (χ0) is 16.1. The molecule has 0 bridgehead atoms. The molecule has 1 aromatic rings. The molecule has 5 nitrogen and oxygen atoms in total. The van der Waals surface area contributed by atoms with E-state index >= 15 is 0 Å². The summed E-state index contributed by atoms with van der Waals surface area (Å²) in [6, 6.07) is 5.23. The predicted molar refractivity (Wildman–Crippen MR) is 87.6 cm³/mol. The molecule has 1 aliphatic rings. The molecular formula is C17H26N2O3. The monoisotopic (exact) mass is 306 g/mol. The largest absolute Gasteiger partial charge is 0.497 e. The van der Waals surface area contributed by atoms with Crippen molar-refractivity contribution in [2.45, 2.75) is 32.7 Å². The number of benzene rings is 1. The number of likely N-dealkylation sites (tertiary alicyclic amines) is 1. The van der Waals surface area contributed by atoms with Gasteiger partial charge >= 0.3 is 0 Å². The van der Waals surface area contributed by atoms with E-state index in [1.165, 1.54) is 0 Å². The van der Waals surface area contributed by atoms with Crippen LogP contribution < -0.4 is 14.8 Å². The number of carbonyl (C=O) groups is 1. The number of rotatable bonds is 5. The second kappa shape index (κ2) is 7.49. The molecule has 1 aromatic carbocycles. The van der Waals surface area contributed by atoms with Crippen LogP contribution in [-0.2, 0) is 4.79 Å². The van der Waals surface area contributed by atoms with Crippen LogP contribution in [0.3, 0.4) is 0 Å². The van der Waals surface area contributed by atoms with Crippen molar-refractivity contribution < 1.29 is 14.3 Å². The summed E-state index contributed by atoms with van der Waals surface area (Å²) in [6.45, 7) is 6.18. The van der Waals surface area contributed by atoms with Crippen LogP contribution in [0, 0.1) is 5.92 Å². The molecule has 0 unspecified atom stereocenters. The number of piperidine rings is 1. The van der Waals surface area contributed by atoms with Gasteiger partial charge < -0.3 is 14.8 Å². The Morgan fingerprint density at radius 1 is 1.27 bits per heavy atom. The van der Waals surface area contributed by atoms with Crippen LogP contribution in [0.1, 0.15) is 26.7 Å². The number of methoxy groups -OCH3 is 2. The third-order valence-corrected chi connectivity index (χ3v) is 4.41. The summed E-state index contributed by atoms with van der Waals surface area (Å²) in [6.07, 6.45) is 2.31. The summed E-state index contributed by atoms with van der Waals surface area (Å²) in [7, 11) is 3.19. The van der Waals surface area contributed by atoms with Crippen LogP contribution in [0.5, 0.6) is 11.5 Å². The molecule has 1 saturated heterocycles. The van der Waals surface area contributed by atoms with Gasteiger partial charge in [0.2, 0.25) is 5.91 Å². The molecule has 1 atom stereocenters. The van der Waals surface area contributed by atoms with Crippen molar-refractivity contribution in [3.63, 3.8) is 0 Å². The molecule has 1 heterocycles. The Morgan fingerprint density at radius 2 is 1.95 bits per heavy atom. The van der Waals surface area contributed by atoms with Gasteiger partial charge in [0.1, 0.15) is 11.5 Å². The number of carbonyl (C=O) groups excluding carboxylic acids is 1. The average molecular weight is 306 g/mol. The lowest BCUT2D eigenvalue weighted by Crippen LogP contribution is -2.45. The summed E-state index contributed by atoms with van der Waals surface area (Å²) >= 11 is 0. The highest BCUT2D eigenvalue weighted by Gasteiger charge is 2.25. The number of anilines is 1. The summed E-state index contributed by atoms with van der Waals surface area (Å²) in [5.41, 5.74) is 0.643. The van der Waals surface area contributed by atoms with Crippen molar-refractivity contribution in [2.75, 3.05) is 32.6 Å². The molecule has 0 aromatic heterocycles. The van der Waals surface area contributed by atoms with E-state index in [0.717, 1.165) is 31.8 Å². The highest BCUT2D eigenvalue weighted by atomic mass is 16.5. The quantitative estimate of drug-likeness (QED) is 0.909. The Morgan fingerprint density at radius 3 is 2.55 bits per heavy atom. The van der Waals surface area contributed by atoms with Gasteiger partial charge in [0, 0.05) is 6.07 Å². The van der Waals surface area contributed by atoms with E-state index in [0.29, 0.717) is 17.2 Å². The maximum atomic E-state index is 12.5. The van der Waals surface area contributed by atoms with Gasteiger partial charge in [-0.05, 0) is 50.9 Å². The van der Waals surface area contributed by atoms with E-state index < -0.39 is 0 Å². The Bertz CT molecular complexity index is 511. The minimum atomic E-state index is -0.150. The van der Waals surface area contributed by atoms with Crippen molar-refractivity contribution in [2.24, 2.45) is 5.92 Å². The summed E-state index contributed by atoms with van der Waals surface area (Å²) in [5, 5.41) is 2.96. The van der Waals surface area contributed by atoms with E-state index in [1.54, 1.807) is 26.4 Å². The molecule has 1 fully saturated rings. The predicted octanol–water partition coefficient (Wildman–Crippen LogP) is 2.76. The Hall–Kier alpha value is -1.75. The topological polar surface area (TPSA) is 50.8 Å². The van der Waals surface area contributed by atoms with E-state index in [4.69, 9.17) is 9.47 Å². The Balaban J connectivity index is 2.04. The molecule has 0 saturated carbocycles. The van der Waals surface area contributed by atoms with Gasteiger partial charge in [-0.3, -0.25) is 9.69 Å². The van der Waals surface area contributed by atoms with E-state index in [-0.39, 0.29) is 11.9 Å². The first-order chi connectivity index (χ1) is 10.5. The van der Waals surface area contributed by atoms with Crippen molar-refractivity contribution in [3.05, 3.63) is 18.2 Å². The fourth-order valence-corrected chi connectivity index (χ4v) is 2.73. The molecule has 22 heavy (non-hydrogen) atoms. The van der Waals surface area contributed by atoms with E-state index in [1.807, 2.05) is 13.0 Å². The van der Waals surface area contributed by atoms with E-state index in [2.05, 4.69) is 17.1 Å². The van der Waals surface area contributed by atoms with Crippen LogP contribution in [0.15, 0.2) is 18.2 Å². The zero-order valence-corrected chi connectivity index (χ0v) is 13.9. The molecule has 1 aliphatic heterocycles. The first-order valence-corrected chi connectivity index (χ1v) is 7.82. The average Bonchev–Trinajstić information content (AvgIpc) is 2.54. The van der Waals surface area contributed by atoms with Gasteiger partial charge in [-0.15, -0.1) is 0 Å². The Kier molecular flexibility index (Phi) is 5.66. The first kappa shape index (κ1) is 16.6. The number of amides is 1. The first-order valence-electron chi connectivity index (χ1n) is 7.82.